The van der Waals surface area contributed by atoms with Crippen molar-refractivity contribution in [2.75, 3.05) is 18.0 Å². The van der Waals surface area contributed by atoms with Crippen LogP contribution in [-0.4, -0.2) is 46.3 Å². The Balaban J connectivity index is 0.000000181. The first-order valence-electron chi connectivity index (χ1n) is 7.94. The zero-order valence-electron chi connectivity index (χ0n) is 13.7. The summed E-state index contributed by atoms with van der Waals surface area (Å²) in [5, 5.41) is 17.0. The number of benzene rings is 1. The summed E-state index contributed by atoms with van der Waals surface area (Å²) < 4.78 is 0. The minimum absolute atomic E-state index is 0.0186. The summed E-state index contributed by atoms with van der Waals surface area (Å²) in [4.78, 5) is 27.1. The maximum Gasteiger partial charge on any atom is 0.335 e. The van der Waals surface area contributed by atoms with E-state index in [2.05, 4.69) is 9.88 Å². The molecule has 0 saturated carbocycles. The van der Waals surface area contributed by atoms with Gasteiger partial charge in [0.15, 0.2) is 0 Å². The van der Waals surface area contributed by atoms with Gasteiger partial charge in [-0.3, -0.25) is 4.98 Å². The van der Waals surface area contributed by atoms with Gasteiger partial charge in [0.1, 0.15) is 0 Å². The first-order chi connectivity index (χ1) is 12.0. The highest BCUT2D eigenvalue weighted by Gasteiger charge is 2.16. The number of hydrogen-bond acceptors (Lipinski definition) is 5. The molecule has 1 aromatic heterocycles. The highest BCUT2D eigenvalue weighted by molar-refractivity contribution is 5.93. The number of aromatic nitrogens is 1. The number of anilines is 1. The van der Waals surface area contributed by atoms with Crippen molar-refractivity contribution in [2.24, 2.45) is 5.73 Å². The normalized spacial score (nSPS) is 16.5. The third-order valence-electron chi connectivity index (χ3n) is 3.84. The van der Waals surface area contributed by atoms with E-state index in [0.717, 1.165) is 25.6 Å². The number of rotatable bonds is 3. The summed E-state index contributed by atoms with van der Waals surface area (Å²) in [6.45, 7) is 2.10. The number of carbonyl (C=O) groups is 2. The van der Waals surface area contributed by atoms with E-state index >= 15 is 0 Å². The second-order valence-electron chi connectivity index (χ2n) is 5.74. The quantitative estimate of drug-likeness (QED) is 0.781. The van der Waals surface area contributed by atoms with E-state index in [4.69, 9.17) is 15.9 Å². The van der Waals surface area contributed by atoms with Crippen LogP contribution in [0.5, 0.6) is 0 Å². The van der Waals surface area contributed by atoms with Crippen molar-refractivity contribution in [2.45, 2.75) is 18.9 Å². The Labute approximate surface area is 145 Å². The van der Waals surface area contributed by atoms with E-state index in [1.54, 1.807) is 0 Å². The summed E-state index contributed by atoms with van der Waals surface area (Å²) in [7, 11) is 0. The van der Waals surface area contributed by atoms with E-state index in [1.807, 2.05) is 24.5 Å². The Morgan fingerprint density at radius 2 is 1.68 bits per heavy atom. The lowest BCUT2D eigenvalue weighted by molar-refractivity contribution is 0.0696. The second-order valence-corrected chi connectivity index (χ2v) is 5.74. The van der Waals surface area contributed by atoms with Gasteiger partial charge in [0.2, 0.25) is 0 Å². The number of carboxylic acid groups (broad SMARTS) is 2. The molecule has 0 radical (unpaired) electrons. The Morgan fingerprint density at radius 1 is 1.08 bits per heavy atom. The molecule has 1 unspecified atom stereocenters. The molecule has 2 aromatic rings. The van der Waals surface area contributed by atoms with Crippen molar-refractivity contribution in [3.63, 3.8) is 0 Å². The van der Waals surface area contributed by atoms with Crippen LogP contribution in [0.1, 0.15) is 33.6 Å². The molecular weight excluding hydrogens is 322 g/mol. The van der Waals surface area contributed by atoms with Gasteiger partial charge >= 0.3 is 11.9 Å². The van der Waals surface area contributed by atoms with Crippen LogP contribution in [-0.2, 0) is 0 Å². The smallest absolute Gasteiger partial charge is 0.335 e. The Morgan fingerprint density at radius 3 is 2.20 bits per heavy atom. The fraction of sp³-hybridized carbons (Fsp3) is 0.278. The molecule has 4 N–H and O–H groups in total. The fourth-order valence-corrected chi connectivity index (χ4v) is 2.58. The molecular formula is C18H21N3O4. The molecule has 25 heavy (non-hydrogen) atoms. The number of pyridine rings is 1. The van der Waals surface area contributed by atoms with E-state index in [1.165, 1.54) is 30.3 Å². The van der Waals surface area contributed by atoms with Crippen molar-refractivity contribution in [3.8, 4) is 0 Å². The van der Waals surface area contributed by atoms with Crippen LogP contribution in [0.3, 0.4) is 0 Å². The molecule has 2 heterocycles. The molecule has 1 aromatic carbocycles. The number of aromatic carboxylic acids is 2. The maximum absolute atomic E-state index is 10.4. The van der Waals surface area contributed by atoms with Gasteiger partial charge in [0.05, 0.1) is 11.1 Å². The summed E-state index contributed by atoms with van der Waals surface area (Å²) in [6, 6.07) is 9.61. The zero-order chi connectivity index (χ0) is 18.2. The van der Waals surface area contributed by atoms with Gasteiger partial charge in [-0.15, -0.1) is 0 Å². The number of nitrogens with zero attached hydrogens (tertiary/aromatic N) is 2. The maximum atomic E-state index is 10.4. The lowest BCUT2D eigenvalue weighted by Crippen LogP contribution is -2.42. The predicted octanol–water partition coefficient (Wildman–Crippen LogP) is 2.09. The monoisotopic (exact) mass is 343 g/mol. The van der Waals surface area contributed by atoms with E-state index in [-0.39, 0.29) is 11.1 Å². The number of nitrogens with two attached hydrogens (primary N) is 1. The van der Waals surface area contributed by atoms with Crippen molar-refractivity contribution in [3.05, 3.63) is 59.9 Å². The van der Waals surface area contributed by atoms with Gasteiger partial charge in [-0.1, -0.05) is 6.07 Å². The van der Waals surface area contributed by atoms with Crippen LogP contribution in [0.4, 0.5) is 5.69 Å². The van der Waals surface area contributed by atoms with Crippen LogP contribution in [0.25, 0.3) is 0 Å². The molecule has 1 saturated heterocycles. The van der Waals surface area contributed by atoms with Gasteiger partial charge < -0.3 is 20.8 Å². The first kappa shape index (κ1) is 18.4. The van der Waals surface area contributed by atoms with Gasteiger partial charge in [-0.2, -0.15) is 0 Å². The summed E-state index contributed by atoms with van der Waals surface area (Å²) in [5.74, 6) is -2.25. The van der Waals surface area contributed by atoms with Gasteiger partial charge in [-0.25, -0.2) is 9.59 Å². The van der Waals surface area contributed by atoms with Gasteiger partial charge in [0, 0.05) is 37.2 Å². The Bertz CT molecular complexity index is 692. The van der Waals surface area contributed by atoms with Crippen molar-refractivity contribution in [1.29, 1.82) is 0 Å². The summed E-state index contributed by atoms with van der Waals surface area (Å²) >= 11 is 0. The topological polar surface area (TPSA) is 117 Å². The molecule has 1 atom stereocenters. The third-order valence-corrected chi connectivity index (χ3v) is 3.84. The van der Waals surface area contributed by atoms with Crippen LogP contribution in [0, 0.1) is 0 Å². The predicted molar refractivity (Wildman–Crippen MR) is 94.0 cm³/mol. The number of piperidine rings is 1. The van der Waals surface area contributed by atoms with Gasteiger partial charge in [-0.05, 0) is 43.2 Å². The Hall–Kier alpha value is -2.93. The minimum Gasteiger partial charge on any atom is -0.478 e. The molecule has 0 spiro atoms. The molecule has 0 aliphatic carbocycles. The standard InChI is InChI=1S/C10H15N3.C8H6O4/c11-9-2-1-7-13(8-9)10-3-5-12-6-4-10;9-7(10)5-2-1-3-6(4-5)8(11)12/h3-6,9H,1-2,7-8,11H2;1-4H,(H,9,10)(H,11,12). The SMILES string of the molecule is NC1CCCN(c2ccncc2)C1.O=C(O)c1cccc(C(=O)O)c1. The molecule has 3 rings (SSSR count). The van der Waals surface area contributed by atoms with Crippen molar-refractivity contribution in [1.82, 2.24) is 4.98 Å². The van der Waals surface area contributed by atoms with E-state index in [9.17, 15) is 9.59 Å². The minimum atomic E-state index is -1.13. The summed E-state index contributed by atoms with van der Waals surface area (Å²) in [5.41, 5.74) is 7.11. The molecule has 1 aliphatic heterocycles. The average molecular weight is 343 g/mol. The van der Waals surface area contributed by atoms with Crippen molar-refractivity contribution < 1.29 is 19.8 Å². The number of hydrogen-bond donors (Lipinski definition) is 3. The van der Waals surface area contributed by atoms with Crippen LogP contribution >= 0.6 is 0 Å². The van der Waals surface area contributed by atoms with E-state index in [0.29, 0.717) is 6.04 Å². The molecule has 7 heteroatoms. The molecule has 1 aliphatic rings. The molecule has 132 valence electrons. The van der Waals surface area contributed by atoms with Crippen LogP contribution < -0.4 is 10.6 Å². The highest BCUT2D eigenvalue weighted by atomic mass is 16.4. The lowest BCUT2D eigenvalue weighted by Gasteiger charge is -2.32. The van der Waals surface area contributed by atoms with E-state index < -0.39 is 11.9 Å². The van der Waals surface area contributed by atoms with Crippen molar-refractivity contribution >= 4 is 17.6 Å². The molecule has 0 amide bonds. The van der Waals surface area contributed by atoms with Crippen LogP contribution in [0.2, 0.25) is 0 Å². The molecule has 1 fully saturated rings. The third kappa shape index (κ3) is 5.58. The highest BCUT2D eigenvalue weighted by Crippen LogP contribution is 2.17. The average Bonchev–Trinajstić information content (AvgIpc) is 2.63. The Kier molecular flexibility index (Phi) is 6.47. The lowest BCUT2D eigenvalue weighted by atomic mass is 10.1. The fourth-order valence-electron chi connectivity index (χ4n) is 2.58. The molecule has 0 bridgehead atoms. The number of carboxylic acids is 2. The summed E-state index contributed by atoms with van der Waals surface area (Å²) in [6.07, 6.45) is 6.01. The van der Waals surface area contributed by atoms with Crippen LogP contribution in [0.15, 0.2) is 48.8 Å². The molecule has 7 nitrogen and oxygen atoms in total. The van der Waals surface area contributed by atoms with Gasteiger partial charge in [0.25, 0.3) is 0 Å². The second kappa shape index (κ2) is 8.79. The first-order valence-corrected chi connectivity index (χ1v) is 7.94. The largest absolute Gasteiger partial charge is 0.478 e. The zero-order valence-corrected chi connectivity index (χ0v) is 13.7.